The Morgan fingerprint density at radius 1 is 1.07 bits per heavy atom. The fourth-order valence-electron chi connectivity index (χ4n) is 5.15. The van der Waals surface area contributed by atoms with Crippen molar-refractivity contribution in [3.63, 3.8) is 0 Å². The van der Waals surface area contributed by atoms with E-state index in [1.54, 1.807) is 18.0 Å². The van der Waals surface area contributed by atoms with E-state index >= 15 is 0 Å². The number of esters is 1. The van der Waals surface area contributed by atoms with E-state index in [9.17, 15) is 9.18 Å². The molecule has 0 N–H and O–H groups in total. The number of nitrogens with zero attached hydrogens (tertiary/aromatic N) is 2. The fraction of sp³-hybridized carbons (Fsp3) is 0.457. The van der Waals surface area contributed by atoms with Crippen LogP contribution in [0.4, 0.5) is 4.39 Å². The number of hydrogen-bond acceptors (Lipinski definition) is 6. The number of ether oxygens (including phenoxy) is 2. The Bertz CT molecular complexity index is 1310. The second-order valence-corrected chi connectivity index (χ2v) is 11.8. The van der Waals surface area contributed by atoms with Gasteiger partial charge in [0.15, 0.2) is 0 Å². The Kier molecular flexibility index (Phi) is 13.4. The first-order valence-electron chi connectivity index (χ1n) is 15.1. The summed E-state index contributed by atoms with van der Waals surface area (Å²) in [5, 5.41) is 0. The molecule has 1 aliphatic heterocycles. The second kappa shape index (κ2) is 16.7. The van der Waals surface area contributed by atoms with E-state index in [0.717, 1.165) is 53.4 Å². The predicted molar refractivity (Wildman–Crippen MR) is 172 cm³/mol. The molecule has 0 aliphatic carbocycles. The summed E-state index contributed by atoms with van der Waals surface area (Å²) in [6, 6.07) is 18.2. The maximum Gasteiger partial charge on any atom is 0.306 e. The molecule has 3 aromatic carbocycles. The molecule has 5 nitrogen and oxygen atoms in total. The van der Waals surface area contributed by atoms with Crippen molar-refractivity contribution in [3.05, 3.63) is 93.8 Å². The van der Waals surface area contributed by atoms with E-state index in [1.165, 1.54) is 11.1 Å². The van der Waals surface area contributed by atoms with Crippen molar-refractivity contribution in [1.29, 1.82) is 0 Å². The summed E-state index contributed by atoms with van der Waals surface area (Å²) in [6.07, 6.45) is 1.72. The van der Waals surface area contributed by atoms with Gasteiger partial charge in [0.1, 0.15) is 18.2 Å². The average Bonchev–Trinajstić information content (AvgIpc) is 3.17. The molecule has 0 saturated carbocycles. The second-order valence-electron chi connectivity index (χ2n) is 10.7. The highest BCUT2D eigenvalue weighted by molar-refractivity contribution is 7.97. The van der Waals surface area contributed by atoms with Crippen LogP contribution in [0.3, 0.4) is 0 Å². The van der Waals surface area contributed by atoms with Gasteiger partial charge in [-0.05, 0) is 118 Å². The number of para-hydroxylation sites is 1. The lowest BCUT2D eigenvalue weighted by Crippen LogP contribution is -2.20. The average molecular weight is 595 g/mol. The number of halogens is 1. The van der Waals surface area contributed by atoms with E-state index in [-0.39, 0.29) is 24.1 Å². The lowest BCUT2D eigenvalue weighted by molar-refractivity contribution is -0.143. The third-order valence-electron chi connectivity index (χ3n) is 7.34. The summed E-state index contributed by atoms with van der Waals surface area (Å²) >= 11 is 1.71. The van der Waals surface area contributed by atoms with Crippen LogP contribution in [-0.4, -0.2) is 55.6 Å². The first-order chi connectivity index (χ1) is 20.2. The Labute approximate surface area is 256 Å². The van der Waals surface area contributed by atoms with Gasteiger partial charge in [-0.25, -0.2) is 8.70 Å². The van der Waals surface area contributed by atoms with E-state index < -0.39 is 0 Å². The minimum absolute atomic E-state index is 0.180. The van der Waals surface area contributed by atoms with E-state index in [2.05, 4.69) is 40.4 Å². The molecule has 0 amide bonds. The van der Waals surface area contributed by atoms with Crippen molar-refractivity contribution in [2.75, 3.05) is 40.4 Å². The van der Waals surface area contributed by atoms with Crippen LogP contribution in [0.25, 0.3) is 0 Å². The molecule has 3 aromatic rings. The smallest absolute Gasteiger partial charge is 0.306 e. The van der Waals surface area contributed by atoms with Crippen LogP contribution in [0, 0.1) is 19.7 Å². The predicted octanol–water partition coefficient (Wildman–Crippen LogP) is 7.95. The molecule has 1 unspecified atom stereocenters. The van der Waals surface area contributed by atoms with Gasteiger partial charge in [-0.15, -0.1) is 0 Å². The molecule has 0 bridgehead atoms. The minimum Gasteiger partial charge on any atom is -0.491 e. The summed E-state index contributed by atoms with van der Waals surface area (Å²) < 4.78 is 28.7. The molecule has 1 atom stereocenters. The zero-order valence-electron chi connectivity index (χ0n) is 26.3. The SMILES string of the molecule is CC.CCOC(=O)CC(c1ccc(C)c(CN2CCOc3ccccc3S2)c1)c1cc(CCCN(C)C)c(F)cc1C. The number of rotatable bonds is 11. The van der Waals surface area contributed by atoms with Gasteiger partial charge in [0.25, 0.3) is 0 Å². The van der Waals surface area contributed by atoms with Gasteiger partial charge in [0, 0.05) is 19.0 Å². The van der Waals surface area contributed by atoms with E-state index in [4.69, 9.17) is 9.47 Å². The van der Waals surface area contributed by atoms with Crippen molar-refractivity contribution < 1.29 is 18.7 Å². The van der Waals surface area contributed by atoms with E-state index in [0.29, 0.717) is 25.2 Å². The molecular formula is C35H47FN2O3S. The molecule has 0 fully saturated rings. The number of fused-ring (bicyclic) bond motifs is 1. The fourth-order valence-corrected chi connectivity index (χ4v) is 6.15. The van der Waals surface area contributed by atoms with Crippen molar-refractivity contribution in [3.8, 4) is 5.75 Å². The third kappa shape index (κ3) is 9.32. The molecule has 0 saturated heterocycles. The first kappa shape index (κ1) is 33.6. The Morgan fingerprint density at radius 2 is 1.83 bits per heavy atom. The highest BCUT2D eigenvalue weighted by Gasteiger charge is 2.24. The van der Waals surface area contributed by atoms with Crippen LogP contribution in [0.2, 0.25) is 0 Å². The van der Waals surface area contributed by atoms with Crippen LogP contribution >= 0.6 is 11.9 Å². The zero-order chi connectivity index (χ0) is 30.6. The number of aryl methyl sites for hydroxylation is 3. The molecule has 1 heterocycles. The molecule has 1 aliphatic rings. The number of carbonyl (C=O) groups excluding carboxylic acids is 1. The lowest BCUT2D eigenvalue weighted by atomic mass is 9.83. The van der Waals surface area contributed by atoms with Gasteiger partial charge in [0.05, 0.1) is 17.9 Å². The molecular weight excluding hydrogens is 547 g/mol. The van der Waals surface area contributed by atoms with Crippen LogP contribution in [0.1, 0.15) is 72.9 Å². The standard InChI is InChI=1S/C33H41FN2O3S.C2H6/c1-6-38-33(37)21-29(28-20-26(10-9-15-35(4)5)30(34)18-24(28)3)25-14-13-23(2)27(19-25)22-36-16-17-39-31-11-7-8-12-32(31)40-36;1-2/h7-8,11-14,18-20,29H,6,9-10,15-17,21-22H2,1-5H3;1-2H3. The van der Waals surface area contributed by atoms with Gasteiger partial charge in [-0.3, -0.25) is 4.79 Å². The molecule has 4 rings (SSSR count). The molecule has 0 aromatic heterocycles. The van der Waals surface area contributed by atoms with Gasteiger partial charge in [0.2, 0.25) is 0 Å². The van der Waals surface area contributed by atoms with Gasteiger partial charge < -0.3 is 14.4 Å². The first-order valence-corrected chi connectivity index (χ1v) is 15.9. The number of carbonyl (C=O) groups is 1. The van der Waals surface area contributed by atoms with E-state index in [1.807, 2.05) is 66.1 Å². The molecule has 228 valence electrons. The third-order valence-corrected chi connectivity index (χ3v) is 8.44. The Hall–Kier alpha value is -2.87. The summed E-state index contributed by atoms with van der Waals surface area (Å²) in [5.41, 5.74) is 5.96. The Balaban J connectivity index is 0.00000237. The van der Waals surface area contributed by atoms with Crippen LogP contribution in [0.15, 0.2) is 59.5 Å². The normalized spacial score (nSPS) is 13.8. The Morgan fingerprint density at radius 3 is 2.57 bits per heavy atom. The van der Waals surface area contributed by atoms with Gasteiger partial charge in [-0.1, -0.05) is 50.2 Å². The van der Waals surface area contributed by atoms with Crippen molar-refractivity contribution in [1.82, 2.24) is 9.21 Å². The van der Waals surface area contributed by atoms with Gasteiger partial charge >= 0.3 is 5.97 Å². The minimum atomic E-state index is -0.246. The molecule has 7 heteroatoms. The molecule has 0 radical (unpaired) electrons. The number of benzene rings is 3. The molecule has 0 spiro atoms. The van der Waals surface area contributed by atoms with Crippen molar-refractivity contribution >= 4 is 17.9 Å². The largest absolute Gasteiger partial charge is 0.491 e. The topological polar surface area (TPSA) is 42.0 Å². The summed E-state index contributed by atoms with van der Waals surface area (Å²) in [4.78, 5) is 16.0. The summed E-state index contributed by atoms with van der Waals surface area (Å²) in [7, 11) is 4.05. The zero-order valence-corrected chi connectivity index (χ0v) is 27.2. The van der Waals surface area contributed by atoms with Crippen LogP contribution in [-0.2, 0) is 22.5 Å². The monoisotopic (exact) mass is 594 g/mol. The lowest BCUT2D eigenvalue weighted by Gasteiger charge is -2.24. The number of hydrogen-bond donors (Lipinski definition) is 0. The van der Waals surface area contributed by atoms with Crippen molar-refractivity contribution in [2.24, 2.45) is 0 Å². The van der Waals surface area contributed by atoms with Crippen LogP contribution < -0.4 is 4.74 Å². The van der Waals surface area contributed by atoms with Crippen LogP contribution in [0.5, 0.6) is 5.75 Å². The summed E-state index contributed by atoms with van der Waals surface area (Å²) in [5.74, 6) is 0.264. The molecule has 42 heavy (non-hydrogen) atoms. The van der Waals surface area contributed by atoms with Gasteiger partial charge in [-0.2, -0.15) is 0 Å². The van der Waals surface area contributed by atoms with Crippen molar-refractivity contribution in [2.45, 2.75) is 71.2 Å². The highest BCUT2D eigenvalue weighted by atomic mass is 32.2. The quantitative estimate of drug-likeness (QED) is 0.166. The summed E-state index contributed by atoms with van der Waals surface area (Å²) in [6.45, 7) is 13.3. The maximum absolute atomic E-state index is 15.0. The maximum atomic E-state index is 15.0. The highest BCUT2D eigenvalue weighted by Crippen LogP contribution is 2.37.